The zero-order chi connectivity index (χ0) is 9.68. The Hall–Kier alpha value is -1.28. The van der Waals surface area contributed by atoms with Crippen molar-refractivity contribution < 1.29 is 9.90 Å². The summed E-state index contributed by atoms with van der Waals surface area (Å²) in [6.45, 7) is 3.35. The number of piperazine rings is 1. The van der Waals surface area contributed by atoms with Crippen LogP contribution in [0, 0.1) is 11.3 Å². The van der Waals surface area contributed by atoms with E-state index in [1.807, 2.05) is 0 Å². The Morgan fingerprint density at radius 3 is 2.46 bits per heavy atom. The highest BCUT2D eigenvalue weighted by molar-refractivity contribution is 5.65. The largest absolute Gasteiger partial charge is 0.465 e. The second-order valence-corrected chi connectivity index (χ2v) is 3.02. The highest BCUT2D eigenvalue weighted by Crippen LogP contribution is 2.01. The summed E-state index contributed by atoms with van der Waals surface area (Å²) in [4.78, 5) is 14.0. The standard InChI is InChI=1S/C8H13N3O2/c9-2-1-3-10-4-6-11(7-5-10)8(12)13/h1,3-7H2,(H,12,13). The number of amides is 1. The predicted octanol–water partition coefficient (Wildman–Crippen LogP) is 0.196. The third kappa shape index (κ3) is 2.92. The lowest BCUT2D eigenvalue weighted by molar-refractivity contribution is 0.106. The molecule has 1 fully saturated rings. The Kier molecular flexibility index (Phi) is 3.53. The van der Waals surface area contributed by atoms with E-state index in [0.717, 1.165) is 19.6 Å². The summed E-state index contributed by atoms with van der Waals surface area (Å²) >= 11 is 0. The summed E-state index contributed by atoms with van der Waals surface area (Å²) in [5, 5.41) is 17.0. The highest BCUT2D eigenvalue weighted by Gasteiger charge is 2.19. The van der Waals surface area contributed by atoms with Crippen LogP contribution in [0.4, 0.5) is 4.79 Å². The Bertz CT molecular complexity index is 216. The van der Waals surface area contributed by atoms with Gasteiger partial charge in [-0.1, -0.05) is 0 Å². The molecule has 1 saturated heterocycles. The molecular weight excluding hydrogens is 170 g/mol. The number of nitriles is 1. The second kappa shape index (κ2) is 4.67. The van der Waals surface area contributed by atoms with Gasteiger partial charge in [0.05, 0.1) is 6.07 Å². The van der Waals surface area contributed by atoms with Crippen LogP contribution in [0.2, 0.25) is 0 Å². The number of rotatable bonds is 2. The van der Waals surface area contributed by atoms with Gasteiger partial charge in [-0.2, -0.15) is 5.26 Å². The molecule has 13 heavy (non-hydrogen) atoms. The monoisotopic (exact) mass is 183 g/mol. The van der Waals surface area contributed by atoms with Crippen LogP contribution in [-0.2, 0) is 0 Å². The molecule has 0 bridgehead atoms. The maximum Gasteiger partial charge on any atom is 0.407 e. The van der Waals surface area contributed by atoms with E-state index < -0.39 is 6.09 Å². The first-order valence-electron chi connectivity index (χ1n) is 4.31. The van der Waals surface area contributed by atoms with E-state index in [1.165, 1.54) is 4.90 Å². The van der Waals surface area contributed by atoms with Gasteiger partial charge in [-0.25, -0.2) is 4.79 Å². The number of carbonyl (C=O) groups is 1. The van der Waals surface area contributed by atoms with Gasteiger partial charge >= 0.3 is 6.09 Å². The second-order valence-electron chi connectivity index (χ2n) is 3.02. The van der Waals surface area contributed by atoms with E-state index in [1.54, 1.807) is 0 Å². The van der Waals surface area contributed by atoms with E-state index in [-0.39, 0.29) is 0 Å². The molecule has 0 saturated carbocycles. The fraction of sp³-hybridized carbons (Fsp3) is 0.750. The summed E-state index contributed by atoms with van der Waals surface area (Å²) < 4.78 is 0. The Morgan fingerprint density at radius 2 is 2.00 bits per heavy atom. The van der Waals surface area contributed by atoms with Crippen molar-refractivity contribution in [1.82, 2.24) is 9.80 Å². The van der Waals surface area contributed by atoms with Gasteiger partial charge in [0.1, 0.15) is 0 Å². The molecule has 0 aliphatic carbocycles. The van der Waals surface area contributed by atoms with Gasteiger partial charge in [-0.05, 0) is 0 Å². The minimum atomic E-state index is -0.847. The average Bonchev–Trinajstić information content (AvgIpc) is 2.15. The third-order valence-electron chi connectivity index (χ3n) is 2.18. The fourth-order valence-corrected chi connectivity index (χ4v) is 1.37. The van der Waals surface area contributed by atoms with Gasteiger partial charge < -0.3 is 10.0 Å². The average molecular weight is 183 g/mol. The molecule has 0 unspecified atom stereocenters. The number of hydrogen-bond acceptors (Lipinski definition) is 3. The van der Waals surface area contributed by atoms with Crippen LogP contribution in [0.5, 0.6) is 0 Å². The predicted molar refractivity (Wildman–Crippen MR) is 46.3 cm³/mol. The first-order valence-corrected chi connectivity index (χ1v) is 4.31. The smallest absolute Gasteiger partial charge is 0.407 e. The summed E-state index contributed by atoms with van der Waals surface area (Å²) in [6, 6.07) is 2.08. The molecule has 1 amide bonds. The molecular formula is C8H13N3O2. The molecule has 5 nitrogen and oxygen atoms in total. The van der Waals surface area contributed by atoms with Crippen molar-refractivity contribution in [3.63, 3.8) is 0 Å². The Balaban J connectivity index is 2.23. The van der Waals surface area contributed by atoms with Gasteiger partial charge in [-0.15, -0.1) is 0 Å². The van der Waals surface area contributed by atoms with E-state index in [2.05, 4.69) is 11.0 Å². The zero-order valence-electron chi connectivity index (χ0n) is 7.44. The molecule has 0 radical (unpaired) electrons. The van der Waals surface area contributed by atoms with Crippen molar-refractivity contribution in [2.45, 2.75) is 6.42 Å². The molecule has 0 spiro atoms. The van der Waals surface area contributed by atoms with Crippen LogP contribution in [0.25, 0.3) is 0 Å². The topological polar surface area (TPSA) is 67.6 Å². The molecule has 1 heterocycles. The number of carboxylic acid groups (broad SMARTS) is 1. The molecule has 5 heteroatoms. The Morgan fingerprint density at radius 1 is 1.38 bits per heavy atom. The fourth-order valence-electron chi connectivity index (χ4n) is 1.37. The van der Waals surface area contributed by atoms with E-state index in [4.69, 9.17) is 10.4 Å². The van der Waals surface area contributed by atoms with Gasteiger partial charge in [-0.3, -0.25) is 4.90 Å². The summed E-state index contributed by atoms with van der Waals surface area (Å²) in [7, 11) is 0. The van der Waals surface area contributed by atoms with Crippen molar-refractivity contribution in [3.8, 4) is 6.07 Å². The van der Waals surface area contributed by atoms with Crippen LogP contribution < -0.4 is 0 Å². The number of hydrogen-bond donors (Lipinski definition) is 1. The van der Waals surface area contributed by atoms with E-state index in [9.17, 15) is 4.79 Å². The lowest BCUT2D eigenvalue weighted by Crippen LogP contribution is -2.48. The third-order valence-corrected chi connectivity index (χ3v) is 2.18. The highest BCUT2D eigenvalue weighted by atomic mass is 16.4. The molecule has 0 aromatic heterocycles. The Labute approximate surface area is 77.2 Å². The van der Waals surface area contributed by atoms with Crippen LogP contribution >= 0.6 is 0 Å². The summed E-state index contributed by atoms with van der Waals surface area (Å²) in [5.41, 5.74) is 0. The molecule has 0 aromatic rings. The first-order chi connectivity index (χ1) is 6.24. The quantitative estimate of drug-likeness (QED) is 0.663. The van der Waals surface area contributed by atoms with Gasteiger partial charge in [0, 0.05) is 39.1 Å². The number of nitrogens with zero attached hydrogens (tertiary/aromatic N) is 3. The molecule has 72 valence electrons. The molecule has 1 aliphatic rings. The molecule has 1 N–H and O–H groups in total. The first kappa shape index (κ1) is 9.81. The zero-order valence-corrected chi connectivity index (χ0v) is 7.44. The summed E-state index contributed by atoms with van der Waals surface area (Å²) in [6.07, 6.45) is -0.326. The molecule has 1 aliphatic heterocycles. The van der Waals surface area contributed by atoms with Crippen molar-refractivity contribution in [1.29, 1.82) is 5.26 Å². The molecule has 0 atom stereocenters. The normalized spacial score (nSPS) is 18.2. The maximum atomic E-state index is 10.5. The lowest BCUT2D eigenvalue weighted by atomic mass is 10.3. The van der Waals surface area contributed by atoms with Crippen molar-refractivity contribution in [2.75, 3.05) is 32.7 Å². The minimum absolute atomic E-state index is 0.521. The van der Waals surface area contributed by atoms with Crippen LogP contribution in [0.15, 0.2) is 0 Å². The van der Waals surface area contributed by atoms with Crippen LogP contribution in [0.1, 0.15) is 6.42 Å². The molecule has 1 rings (SSSR count). The maximum absolute atomic E-state index is 10.5. The van der Waals surface area contributed by atoms with Crippen molar-refractivity contribution in [2.24, 2.45) is 0 Å². The van der Waals surface area contributed by atoms with Crippen molar-refractivity contribution in [3.05, 3.63) is 0 Å². The van der Waals surface area contributed by atoms with Gasteiger partial charge in [0.15, 0.2) is 0 Å². The van der Waals surface area contributed by atoms with Gasteiger partial charge in [0.25, 0.3) is 0 Å². The SMILES string of the molecule is N#CCCN1CCN(C(=O)O)CC1. The minimum Gasteiger partial charge on any atom is -0.465 e. The lowest BCUT2D eigenvalue weighted by Gasteiger charge is -2.32. The van der Waals surface area contributed by atoms with Gasteiger partial charge in [0.2, 0.25) is 0 Å². The summed E-state index contributed by atoms with van der Waals surface area (Å²) in [5.74, 6) is 0. The van der Waals surface area contributed by atoms with Crippen molar-refractivity contribution >= 4 is 6.09 Å². The van der Waals surface area contributed by atoms with Crippen LogP contribution in [-0.4, -0.2) is 53.7 Å². The van der Waals surface area contributed by atoms with E-state index >= 15 is 0 Å². The van der Waals surface area contributed by atoms with Crippen LogP contribution in [0.3, 0.4) is 0 Å². The van der Waals surface area contributed by atoms with E-state index in [0.29, 0.717) is 19.5 Å². The molecule has 0 aromatic carbocycles.